The van der Waals surface area contributed by atoms with Crippen LogP contribution in [0.3, 0.4) is 0 Å². The molecule has 1 saturated carbocycles. The zero-order valence-electron chi connectivity index (χ0n) is 22.0. The molecule has 2 atom stereocenters. The second-order valence-corrected chi connectivity index (χ2v) is 9.73. The first-order valence-corrected chi connectivity index (χ1v) is 13.1. The molecule has 8 nitrogen and oxygen atoms in total. The van der Waals surface area contributed by atoms with Crippen molar-refractivity contribution in [2.75, 3.05) is 18.5 Å². The molecule has 2 N–H and O–H groups in total. The number of nitrogens with one attached hydrogen (secondary N) is 1. The summed E-state index contributed by atoms with van der Waals surface area (Å²) in [6.45, 7) is 3.08. The summed E-state index contributed by atoms with van der Waals surface area (Å²) in [6.07, 6.45) is 6.79. The van der Waals surface area contributed by atoms with Crippen LogP contribution in [0.25, 0.3) is 0 Å². The number of aromatic carboxylic acids is 1. The fraction of sp³-hybridized carbons (Fsp3) is 0.367. The van der Waals surface area contributed by atoms with Crippen LogP contribution in [0, 0.1) is 12.7 Å². The van der Waals surface area contributed by atoms with Crippen LogP contribution in [-0.4, -0.2) is 52.4 Å². The molecule has 2 unspecified atom stereocenters. The van der Waals surface area contributed by atoms with Gasteiger partial charge in [-0.1, -0.05) is 24.3 Å². The number of pyridine rings is 1. The molecule has 0 aliphatic heterocycles. The van der Waals surface area contributed by atoms with Gasteiger partial charge in [-0.25, -0.2) is 14.0 Å². The first kappa shape index (κ1) is 28.2. The van der Waals surface area contributed by atoms with Crippen LogP contribution < -0.4 is 5.32 Å². The number of carbonyl (C=O) groups excluding carboxylic acids is 1. The van der Waals surface area contributed by atoms with Crippen LogP contribution in [0.5, 0.6) is 0 Å². The van der Waals surface area contributed by atoms with Crippen LogP contribution in [0.4, 0.5) is 14.9 Å². The number of urea groups is 1. The van der Waals surface area contributed by atoms with Crippen LogP contribution in [0.15, 0.2) is 67.0 Å². The minimum atomic E-state index is -0.948. The van der Waals surface area contributed by atoms with E-state index in [1.807, 2.05) is 18.2 Å². The summed E-state index contributed by atoms with van der Waals surface area (Å²) < 4.78 is 25.5. The lowest BCUT2D eigenvalue weighted by Gasteiger charge is -2.30. The molecule has 1 aromatic heterocycles. The van der Waals surface area contributed by atoms with Gasteiger partial charge in [0, 0.05) is 31.2 Å². The third kappa shape index (κ3) is 8.33. The molecule has 1 aliphatic rings. The smallest absolute Gasteiger partial charge is 0.336 e. The predicted molar refractivity (Wildman–Crippen MR) is 145 cm³/mol. The first-order chi connectivity index (χ1) is 18.9. The van der Waals surface area contributed by atoms with Gasteiger partial charge in [-0.05, 0) is 79.6 Å². The zero-order chi connectivity index (χ0) is 27.6. The van der Waals surface area contributed by atoms with E-state index in [0.29, 0.717) is 48.5 Å². The summed E-state index contributed by atoms with van der Waals surface area (Å²) in [5.74, 6) is -1.32. The zero-order valence-corrected chi connectivity index (χ0v) is 22.0. The molecule has 0 saturated heterocycles. The number of aryl methyl sites for hydroxylation is 1. The van der Waals surface area contributed by atoms with E-state index < -0.39 is 5.97 Å². The number of amides is 2. The predicted octanol–water partition coefficient (Wildman–Crippen LogP) is 5.81. The van der Waals surface area contributed by atoms with Crippen molar-refractivity contribution in [3.63, 3.8) is 0 Å². The fourth-order valence-electron chi connectivity index (χ4n) is 4.80. The molecule has 2 aromatic carbocycles. The number of rotatable bonds is 11. The summed E-state index contributed by atoms with van der Waals surface area (Å²) in [6, 6.07) is 14.5. The highest BCUT2D eigenvalue weighted by molar-refractivity contribution is 5.91. The van der Waals surface area contributed by atoms with Gasteiger partial charge in [-0.15, -0.1) is 0 Å². The Morgan fingerprint density at radius 2 is 1.85 bits per heavy atom. The van der Waals surface area contributed by atoms with E-state index in [9.17, 15) is 19.1 Å². The topological polar surface area (TPSA) is 101 Å². The molecule has 0 radical (unpaired) electrons. The monoisotopic (exact) mass is 535 g/mol. The number of ether oxygens (including phenoxy) is 2. The number of hydrogen-bond acceptors (Lipinski definition) is 5. The molecule has 1 aliphatic carbocycles. The van der Waals surface area contributed by atoms with Gasteiger partial charge < -0.3 is 24.8 Å². The van der Waals surface area contributed by atoms with Crippen molar-refractivity contribution in [1.29, 1.82) is 0 Å². The second-order valence-electron chi connectivity index (χ2n) is 9.73. The highest BCUT2D eigenvalue weighted by Crippen LogP contribution is 2.25. The first-order valence-electron chi connectivity index (χ1n) is 13.1. The Balaban J connectivity index is 1.30. The minimum Gasteiger partial charge on any atom is -0.478 e. The molecular formula is C30H34FN3O5. The molecule has 4 rings (SSSR count). The summed E-state index contributed by atoms with van der Waals surface area (Å²) in [5, 5.41) is 12.4. The number of aromatic nitrogens is 1. The normalized spacial score (nSPS) is 17.0. The van der Waals surface area contributed by atoms with Crippen LogP contribution in [-0.2, 0) is 22.6 Å². The van der Waals surface area contributed by atoms with E-state index in [1.165, 1.54) is 24.3 Å². The van der Waals surface area contributed by atoms with Crippen molar-refractivity contribution in [3.05, 3.63) is 95.1 Å². The van der Waals surface area contributed by atoms with Gasteiger partial charge in [-0.3, -0.25) is 4.98 Å². The summed E-state index contributed by atoms with van der Waals surface area (Å²) >= 11 is 0. The molecule has 3 aromatic rings. The van der Waals surface area contributed by atoms with Gasteiger partial charge in [-0.2, -0.15) is 0 Å². The average molecular weight is 536 g/mol. The van der Waals surface area contributed by atoms with Gasteiger partial charge in [0.25, 0.3) is 0 Å². The fourth-order valence-corrected chi connectivity index (χ4v) is 4.80. The number of carboxylic acid groups (broad SMARTS) is 1. The second kappa shape index (κ2) is 13.8. The SMILES string of the molecule is Cc1cccc(COC2CCCC(OCCN(Cc3cccnc3)C(=O)Nc3ccc(F)cc3)C2)c1C(=O)O. The van der Waals surface area contributed by atoms with Crippen molar-refractivity contribution in [2.45, 2.75) is 58.0 Å². The van der Waals surface area contributed by atoms with E-state index >= 15 is 0 Å². The Hall–Kier alpha value is -3.82. The molecule has 1 fully saturated rings. The lowest BCUT2D eigenvalue weighted by Crippen LogP contribution is -2.38. The Morgan fingerprint density at radius 3 is 2.56 bits per heavy atom. The number of nitrogens with zero attached hydrogens (tertiary/aromatic N) is 2. The van der Waals surface area contributed by atoms with Crippen LogP contribution in [0.1, 0.15) is 52.7 Å². The minimum absolute atomic E-state index is 0.0133. The largest absolute Gasteiger partial charge is 0.478 e. The third-order valence-corrected chi connectivity index (χ3v) is 6.82. The van der Waals surface area contributed by atoms with Crippen LogP contribution >= 0.6 is 0 Å². The quantitative estimate of drug-likeness (QED) is 0.322. The van der Waals surface area contributed by atoms with Crippen LogP contribution in [0.2, 0.25) is 0 Å². The molecule has 39 heavy (non-hydrogen) atoms. The van der Waals surface area contributed by atoms with Crippen molar-refractivity contribution >= 4 is 17.7 Å². The standard InChI is InChI=1S/C30H34FN3O5/c1-21-5-2-7-23(28(21)29(35)36)20-39-27-9-3-8-26(17-27)38-16-15-34(19-22-6-4-14-32-18-22)30(37)33-25-12-10-24(31)11-13-25/h2,4-7,10-14,18,26-27H,3,8-9,15-17,19-20H2,1H3,(H,33,37)(H,35,36). The summed E-state index contributed by atoms with van der Waals surface area (Å²) in [7, 11) is 0. The molecule has 206 valence electrons. The molecule has 0 bridgehead atoms. The molecular weight excluding hydrogens is 501 g/mol. The molecule has 2 amide bonds. The van der Waals surface area contributed by atoms with E-state index in [0.717, 1.165) is 24.8 Å². The van der Waals surface area contributed by atoms with Gasteiger partial charge >= 0.3 is 12.0 Å². The Bertz CT molecular complexity index is 1240. The maximum Gasteiger partial charge on any atom is 0.336 e. The maximum atomic E-state index is 13.3. The van der Waals surface area contributed by atoms with Gasteiger partial charge in [0.1, 0.15) is 5.82 Å². The lowest BCUT2D eigenvalue weighted by molar-refractivity contribution is -0.0524. The van der Waals surface area contributed by atoms with E-state index in [2.05, 4.69) is 10.3 Å². The molecule has 9 heteroatoms. The van der Waals surface area contributed by atoms with Gasteiger partial charge in [0.15, 0.2) is 0 Å². The number of carbonyl (C=O) groups is 2. The van der Waals surface area contributed by atoms with E-state index in [-0.39, 0.29) is 30.7 Å². The van der Waals surface area contributed by atoms with E-state index in [4.69, 9.17) is 9.47 Å². The highest BCUT2D eigenvalue weighted by atomic mass is 19.1. The van der Waals surface area contributed by atoms with E-state index in [1.54, 1.807) is 36.4 Å². The summed E-state index contributed by atoms with van der Waals surface area (Å²) in [5.41, 5.74) is 3.07. The van der Waals surface area contributed by atoms with Gasteiger partial charge in [0.05, 0.1) is 31.0 Å². The number of carboxylic acids is 1. The number of benzene rings is 2. The third-order valence-electron chi connectivity index (χ3n) is 6.82. The highest BCUT2D eigenvalue weighted by Gasteiger charge is 2.25. The van der Waals surface area contributed by atoms with Crippen molar-refractivity contribution in [1.82, 2.24) is 9.88 Å². The summed E-state index contributed by atoms with van der Waals surface area (Å²) in [4.78, 5) is 30.5. The Morgan fingerprint density at radius 1 is 1.08 bits per heavy atom. The maximum absolute atomic E-state index is 13.3. The van der Waals surface area contributed by atoms with Crippen molar-refractivity contribution in [2.24, 2.45) is 0 Å². The number of hydrogen-bond donors (Lipinski definition) is 2. The molecule has 1 heterocycles. The lowest BCUT2D eigenvalue weighted by atomic mass is 9.94. The number of halogens is 1. The number of anilines is 1. The van der Waals surface area contributed by atoms with Crippen molar-refractivity contribution < 1.29 is 28.6 Å². The van der Waals surface area contributed by atoms with Gasteiger partial charge in [0.2, 0.25) is 0 Å². The Labute approximate surface area is 227 Å². The van der Waals surface area contributed by atoms with Crippen molar-refractivity contribution in [3.8, 4) is 0 Å². The molecule has 0 spiro atoms. The Kier molecular flexibility index (Phi) is 9.99. The average Bonchev–Trinajstić information content (AvgIpc) is 2.93.